The molecule has 1 saturated carbocycles. The Kier molecular flexibility index (Phi) is 3.48. The maximum atomic E-state index is 9.57. The van der Waals surface area contributed by atoms with E-state index in [2.05, 4.69) is 10.3 Å². The minimum atomic E-state index is -0.104. The highest BCUT2D eigenvalue weighted by Gasteiger charge is 2.32. The van der Waals surface area contributed by atoms with E-state index in [1.54, 1.807) is 0 Å². The number of nitrogens with one attached hydrogen (secondary N) is 1. The number of nitrogens with zero attached hydrogens (tertiary/aromatic N) is 2. The van der Waals surface area contributed by atoms with E-state index in [9.17, 15) is 5.11 Å². The highest BCUT2D eigenvalue weighted by molar-refractivity contribution is 6.30. The summed E-state index contributed by atoms with van der Waals surface area (Å²) in [6, 6.07) is 3.75. The number of rotatable bonds is 4. The van der Waals surface area contributed by atoms with Crippen molar-refractivity contribution >= 4 is 17.2 Å². The van der Waals surface area contributed by atoms with Crippen molar-refractivity contribution in [1.82, 2.24) is 14.7 Å². The Morgan fingerprint density at radius 1 is 1.32 bits per heavy atom. The predicted molar refractivity (Wildman–Crippen MR) is 75.3 cm³/mol. The lowest BCUT2D eigenvalue weighted by Crippen LogP contribution is -2.45. The topological polar surface area (TPSA) is 49.6 Å². The van der Waals surface area contributed by atoms with Crippen LogP contribution in [0.1, 0.15) is 31.4 Å². The van der Waals surface area contributed by atoms with Gasteiger partial charge in [0.1, 0.15) is 5.65 Å². The summed E-state index contributed by atoms with van der Waals surface area (Å²) in [5.74, 6) is 0. The fourth-order valence-corrected chi connectivity index (χ4v) is 2.99. The van der Waals surface area contributed by atoms with E-state index in [0.29, 0.717) is 11.6 Å². The number of hydrogen-bond acceptors (Lipinski definition) is 3. The number of aliphatic hydroxyl groups excluding tert-OH is 1. The number of aromatic nitrogens is 2. The molecule has 0 amide bonds. The summed E-state index contributed by atoms with van der Waals surface area (Å²) >= 11 is 5.96. The lowest BCUT2D eigenvalue weighted by molar-refractivity contribution is 0.162. The highest BCUT2D eigenvalue weighted by atomic mass is 35.5. The summed E-state index contributed by atoms with van der Waals surface area (Å²) in [6.07, 6.45) is 8.30. The molecular weight excluding hydrogens is 262 g/mol. The van der Waals surface area contributed by atoms with E-state index in [1.165, 1.54) is 12.8 Å². The van der Waals surface area contributed by atoms with Gasteiger partial charge in [-0.05, 0) is 25.0 Å². The Hall–Kier alpha value is -1.10. The highest BCUT2D eigenvalue weighted by Crippen LogP contribution is 2.29. The molecule has 19 heavy (non-hydrogen) atoms. The molecule has 5 heteroatoms. The maximum Gasteiger partial charge on any atom is 0.137 e. The van der Waals surface area contributed by atoms with Crippen molar-refractivity contribution in [2.45, 2.75) is 37.8 Å². The van der Waals surface area contributed by atoms with Crippen LogP contribution in [-0.2, 0) is 6.54 Å². The van der Waals surface area contributed by atoms with Crippen molar-refractivity contribution in [3.8, 4) is 0 Å². The summed E-state index contributed by atoms with van der Waals surface area (Å²) in [4.78, 5) is 4.54. The quantitative estimate of drug-likeness (QED) is 0.903. The van der Waals surface area contributed by atoms with E-state index < -0.39 is 0 Å². The third-order valence-electron chi connectivity index (χ3n) is 3.97. The molecule has 1 aliphatic rings. The van der Waals surface area contributed by atoms with E-state index in [0.717, 1.165) is 24.2 Å². The molecule has 4 nitrogen and oxygen atoms in total. The third-order valence-corrected chi connectivity index (χ3v) is 4.20. The number of halogens is 1. The molecular formula is C14H18ClN3O. The van der Waals surface area contributed by atoms with Gasteiger partial charge in [0.15, 0.2) is 0 Å². The minimum absolute atomic E-state index is 0.104. The molecule has 2 aromatic heterocycles. The second kappa shape index (κ2) is 5.12. The Morgan fingerprint density at radius 2 is 2.11 bits per heavy atom. The molecule has 1 aliphatic carbocycles. The van der Waals surface area contributed by atoms with Crippen molar-refractivity contribution in [1.29, 1.82) is 0 Å². The number of hydrogen-bond donors (Lipinski definition) is 2. The molecule has 0 aliphatic heterocycles. The predicted octanol–water partition coefficient (Wildman–Crippen LogP) is 2.38. The minimum Gasteiger partial charge on any atom is -0.394 e. The molecule has 1 fully saturated rings. The largest absolute Gasteiger partial charge is 0.394 e. The van der Waals surface area contributed by atoms with Crippen LogP contribution >= 0.6 is 11.6 Å². The van der Waals surface area contributed by atoms with Crippen molar-refractivity contribution < 1.29 is 5.11 Å². The summed E-state index contributed by atoms with van der Waals surface area (Å²) < 4.78 is 1.93. The number of fused-ring (bicyclic) bond motifs is 1. The fourth-order valence-electron chi connectivity index (χ4n) is 2.82. The first-order valence-corrected chi connectivity index (χ1v) is 7.08. The second-order valence-electron chi connectivity index (χ2n) is 5.34. The Labute approximate surface area is 117 Å². The van der Waals surface area contributed by atoms with Crippen molar-refractivity contribution in [2.24, 2.45) is 0 Å². The number of pyridine rings is 1. The average molecular weight is 280 g/mol. The van der Waals surface area contributed by atoms with Crippen LogP contribution in [0.5, 0.6) is 0 Å². The van der Waals surface area contributed by atoms with Crippen LogP contribution in [0.25, 0.3) is 5.65 Å². The van der Waals surface area contributed by atoms with Crippen LogP contribution in [0.3, 0.4) is 0 Å². The molecule has 3 rings (SSSR count). The summed E-state index contributed by atoms with van der Waals surface area (Å²) in [5, 5.41) is 13.7. The van der Waals surface area contributed by atoms with E-state index in [4.69, 9.17) is 11.6 Å². The van der Waals surface area contributed by atoms with E-state index in [1.807, 2.05) is 28.9 Å². The SMILES string of the molecule is OCC1(NCc2cn3cc(Cl)ccc3n2)CCCC1. The second-order valence-corrected chi connectivity index (χ2v) is 5.78. The normalized spacial score (nSPS) is 18.2. The van der Waals surface area contributed by atoms with Gasteiger partial charge in [-0.2, -0.15) is 0 Å². The zero-order valence-corrected chi connectivity index (χ0v) is 11.5. The number of aliphatic hydroxyl groups is 1. The van der Waals surface area contributed by atoms with Crippen LogP contribution < -0.4 is 5.32 Å². The Morgan fingerprint density at radius 3 is 2.84 bits per heavy atom. The summed E-state index contributed by atoms with van der Waals surface area (Å²) in [6.45, 7) is 0.881. The van der Waals surface area contributed by atoms with E-state index >= 15 is 0 Å². The first kappa shape index (κ1) is 12.9. The maximum absolute atomic E-state index is 9.57. The Bertz CT molecular complexity index is 575. The van der Waals surface area contributed by atoms with Gasteiger partial charge in [-0.1, -0.05) is 24.4 Å². The molecule has 2 N–H and O–H groups in total. The lowest BCUT2D eigenvalue weighted by atomic mass is 9.99. The van der Waals surface area contributed by atoms with Crippen molar-refractivity contribution in [3.63, 3.8) is 0 Å². The van der Waals surface area contributed by atoms with Crippen LogP contribution in [0, 0.1) is 0 Å². The van der Waals surface area contributed by atoms with Gasteiger partial charge in [-0.25, -0.2) is 4.98 Å². The number of imidazole rings is 1. The smallest absolute Gasteiger partial charge is 0.137 e. The average Bonchev–Trinajstić information content (AvgIpc) is 3.02. The molecule has 2 heterocycles. The van der Waals surface area contributed by atoms with Gasteiger partial charge in [-0.15, -0.1) is 0 Å². The van der Waals surface area contributed by atoms with E-state index in [-0.39, 0.29) is 12.1 Å². The molecule has 0 bridgehead atoms. The molecule has 0 atom stereocenters. The molecule has 102 valence electrons. The molecule has 0 saturated heterocycles. The van der Waals surface area contributed by atoms with Crippen LogP contribution in [0.15, 0.2) is 24.5 Å². The molecule has 2 aromatic rings. The van der Waals surface area contributed by atoms with Crippen LogP contribution in [0.4, 0.5) is 0 Å². The summed E-state index contributed by atoms with van der Waals surface area (Å²) in [7, 11) is 0. The molecule has 0 radical (unpaired) electrons. The first-order valence-electron chi connectivity index (χ1n) is 6.70. The molecule has 0 aromatic carbocycles. The monoisotopic (exact) mass is 279 g/mol. The van der Waals surface area contributed by atoms with Gasteiger partial charge >= 0.3 is 0 Å². The van der Waals surface area contributed by atoms with Gasteiger partial charge in [0.2, 0.25) is 0 Å². The lowest BCUT2D eigenvalue weighted by Gasteiger charge is -2.27. The fraction of sp³-hybridized carbons (Fsp3) is 0.500. The van der Waals surface area contributed by atoms with Gasteiger partial charge in [0.25, 0.3) is 0 Å². The first-order chi connectivity index (χ1) is 9.21. The summed E-state index contributed by atoms with van der Waals surface area (Å²) in [5.41, 5.74) is 1.76. The Balaban J connectivity index is 1.74. The van der Waals surface area contributed by atoms with Gasteiger partial charge in [0, 0.05) is 24.5 Å². The van der Waals surface area contributed by atoms with Crippen molar-refractivity contribution in [2.75, 3.05) is 6.61 Å². The van der Waals surface area contributed by atoms with Gasteiger partial charge in [0.05, 0.1) is 17.3 Å². The van der Waals surface area contributed by atoms with Crippen molar-refractivity contribution in [3.05, 3.63) is 35.2 Å². The molecule has 0 spiro atoms. The standard InChI is InChI=1S/C14H18ClN3O/c15-11-3-4-13-17-12(9-18(13)8-11)7-16-14(10-19)5-1-2-6-14/h3-4,8-9,16,19H,1-2,5-7,10H2. The van der Waals surface area contributed by atoms with Crippen LogP contribution in [-0.4, -0.2) is 26.6 Å². The molecule has 0 unspecified atom stereocenters. The zero-order valence-electron chi connectivity index (χ0n) is 10.8. The van der Waals surface area contributed by atoms with Crippen LogP contribution in [0.2, 0.25) is 5.02 Å². The van der Waals surface area contributed by atoms with Gasteiger partial charge in [-0.3, -0.25) is 0 Å². The zero-order chi connectivity index (χ0) is 13.3. The van der Waals surface area contributed by atoms with Gasteiger partial charge < -0.3 is 14.8 Å². The third kappa shape index (κ3) is 2.61.